The Kier molecular flexibility index (Phi) is 2.77. The van der Waals surface area contributed by atoms with Gasteiger partial charge in [-0.3, -0.25) is 0 Å². The summed E-state index contributed by atoms with van der Waals surface area (Å²) in [4.78, 5) is 0. The standard InChI is InChI=1S/C9H9ClO/c1-7(2)11-9-5-3-4-8(10)6-9/h4-5,7H,1-2H3. The van der Waals surface area contributed by atoms with Crippen molar-refractivity contribution in [2.24, 2.45) is 0 Å². The van der Waals surface area contributed by atoms with E-state index in [1.807, 2.05) is 13.8 Å². The molecule has 0 unspecified atom stereocenters. The van der Waals surface area contributed by atoms with Gasteiger partial charge in [0.25, 0.3) is 0 Å². The fraction of sp³-hybridized carbons (Fsp3) is 0.333. The van der Waals surface area contributed by atoms with Crippen molar-refractivity contribution >= 4 is 11.6 Å². The van der Waals surface area contributed by atoms with E-state index in [0.29, 0.717) is 10.8 Å². The van der Waals surface area contributed by atoms with Gasteiger partial charge in [0.1, 0.15) is 5.75 Å². The lowest BCUT2D eigenvalue weighted by Gasteiger charge is -2.08. The summed E-state index contributed by atoms with van der Waals surface area (Å²) in [6.07, 6.45) is 0.151. The van der Waals surface area contributed by atoms with Crippen molar-refractivity contribution in [3.05, 3.63) is 29.3 Å². The smallest absolute Gasteiger partial charge is 0.129 e. The van der Waals surface area contributed by atoms with E-state index >= 15 is 0 Å². The highest BCUT2D eigenvalue weighted by Gasteiger charge is 1.97. The molecule has 0 aliphatic heterocycles. The third kappa shape index (κ3) is 2.81. The number of rotatable bonds is 2. The van der Waals surface area contributed by atoms with E-state index in [0.717, 1.165) is 0 Å². The summed E-state index contributed by atoms with van der Waals surface area (Å²) in [5.41, 5.74) is 0. The Hall–Kier alpha value is -0.690. The Morgan fingerprint density at radius 1 is 1.45 bits per heavy atom. The van der Waals surface area contributed by atoms with Crippen molar-refractivity contribution in [1.82, 2.24) is 0 Å². The molecule has 2 heteroatoms. The van der Waals surface area contributed by atoms with Crippen LogP contribution >= 0.6 is 11.6 Å². The molecule has 0 aliphatic rings. The normalized spacial score (nSPS) is 10.2. The van der Waals surface area contributed by atoms with Gasteiger partial charge in [-0.2, -0.15) is 0 Å². The Morgan fingerprint density at radius 3 is 2.73 bits per heavy atom. The molecular formula is C9H9ClO. The number of hydrogen-bond acceptors (Lipinski definition) is 1. The predicted octanol–water partition coefficient (Wildman–Crippen LogP) is 2.73. The van der Waals surface area contributed by atoms with Crippen LogP contribution in [0, 0.1) is 12.1 Å². The molecule has 0 amide bonds. The van der Waals surface area contributed by atoms with Crippen LogP contribution in [0.4, 0.5) is 0 Å². The molecule has 0 fully saturated rings. The van der Waals surface area contributed by atoms with Crippen LogP contribution in [0.15, 0.2) is 12.1 Å². The molecular weight excluding hydrogens is 160 g/mol. The highest BCUT2D eigenvalue weighted by atomic mass is 35.5. The second kappa shape index (κ2) is 3.63. The van der Waals surface area contributed by atoms with Crippen molar-refractivity contribution in [2.75, 3.05) is 0 Å². The molecule has 0 saturated heterocycles. The SMILES string of the molecule is CC(C)Oc1[c]c(Cl)c[c]c1. The van der Waals surface area contributed by atoms with E-state index < -0.39 is 0 Å². The Bertz CT molecular complexity index is 233. The molecule has 58 valence electrons. The van der Waals surface area contributed by atoms with Crippen LogP contribution in [-0.4, -0.2) is 6.10 Å². The van der Waals surface area contributed by atoms with E-state index in [2.05, 4.69) is 12.1 Å². The maximum absolute atomic E-state index is 5.66. The lowest BCUT2D eigenvalue weighted by Crippen LogP contribution is -2.05. The first-order chi connectivity index (χ1) is 5.18. The van der Waals surface area contributed by atoms with Gasteiger partial charge in [0.05, 0.1) is 11.1 Å². The molecule has 1 aromatic rings. The monoisotopic (exact) mass is 168 g/mol. The Labute approximate surface area is 71.9 Å². The second-order valence-corrected chi connectivity index (χ2v) is 2.87. The number of ether oxygens (including phenoxy) is 1. The summed E-state index contributed by atoms with van der Waals surface area (Å²) < 4.78 is 5.32. The van der Waals surface area contributed by atoms with Gasteiger partial charge in [-0.1, -0.05) is 11.6 Å². The quantitative estimate of drug-likeness (QED) is 0.660. The zero-order valence-corrected chi connectivity index (χ0v) is 7.27. The minimum absolute atomic E-state index is 0.151. The van der Waals surface area contributed by atoms with Gasteiger partial charge in [-0.15, -0.1) is 0 Å². The molecule has 11 heavy (non-hydrogen) atoms. The Morgan fingerprint density at radius 2 is 2.18 bits per heavy atom. The fourth-order valence-electron chi connectivity index (χ4n) is 0.698. The van der Waals surface area contributed by atoms with Gasteiger partial charge in [0, 0.05) is 6.07 Å². The van der Waals surface area contributed by atoms with Gasteiger partial charge in [0.15, 0.2) is 0 Å². The molecule has 0 heterocycles. The summed E-state index contributed by atoms with van der Waals surface area (Å²) in [6, 6.07) is 9.06. The van der Waals surface area contributed by atoms with Crippen LogP contribution in [-0.2, 0) is 0 Å². The predicted molar refractivity (Wildman–Crippen MR) is 44.9 cm³/mol. The minimum atomic E-state index is 0.151. The lowest BCUT2D eigenvalue weighted by molar-refractivity contribution is 0.242. The van der Waals surface area contributed by atoms with Crippen molar-refractivity contribution in [3.63, 3.8) is 0 Å². The first-order valence-electron chi connectivity index (χ1n) is 3.44. The summed E-state index contributed by atoms with van der Waals surface area (Å²) in [7, 11) is 0. The fourth-order valence-corrected chi connectivity index (χ4v) is 0.854. The highest BCUT2D eigenvalue weighted by molar-refractivity contribution is 6.30. The van der Waals surface area contributed by atoms with Gasteiger partial charge in [0.2, 0.25) is 0 Å². The second-order valence-electron chi connectivity index (χ2n) is 2.46. The molecule has 1 aromatic carbocycles. The average molecular weight is 169 g/mol. The molecule has 0 aliphatic carbocycles. The molecule has 0 atom stereocenters. The van der Waals surface area contributed by atoms with Crippen molar-refractivity contribution in [1.29, 1.82) is 0 Å². The van der Waals surface area contributed by atoms with Gasteiger partial charge in [-0.25, -0.2) is 0 Å². The first-order valence-corrected chi connectivity index (χ1v) is 3.82. The molecule has 0 spiro atoms. The van der Waals surface area contributed by atoms with Crippen LogP contribution in [0.5, 0.6) is 5.75 Å². The first kappa shape index (κ1) is 8.41. The molecule has 1 nitrogen and oxygen atoms in total. The minimum Gasteiger partial charge on any atom is -0.490 e. The third-order valence-corrected chi connectivity index (χ3v) is 1.23. The third-order valence-electron chi connectivity index (χ3n) is 1.03. The van der Waals surface area contributed by atoms with Crippen molar-refractivity contribution < 1.29 is 4.74 Å². The molecule has 1 rings (SSSR count). The molecule has 0 saturated carbocycles. The molecule has 0 N–H and O–H groups in total. The summed E-state index contributed by atoms with van der Waals surface area (Å²) in [5.74, 6) is 0.646. The van der Waals surface area contributed by atoms with Crippen molar-refractivity contribution in [2.45, 2.75) is 20.0 Å². The summed E-state index contributed by atoms with van der Waals surface area (Å²) >= 11 is 5.66. The van der Waals surface area contributed by atoms with Gasteiger partial charge >= 0.3 is 0 Å². The van der Waals surface area contributed by atoms with E-state index in [9.17, 15) is 0 Å². The van der Waals surface area contributed by atoms with Gasteiger partial charge < -0.3 is 4.74 Å². The summed E-state index contributed by atoms with van der Waals surface area (Å²) in [5, 5.41) is 0.531. The van der Waals surface area contributed by atoms with E-state index in [-0.39, 0.29) is 6.10 Å². The topological polar surface area (TPSA) is 9.23 Å². The zero-order valence-electron chi connectivity index (χ0n) is 6.52. The van der Waals surface area contributed by atoms with E-state index in [1.165, 1.54) is 0 Å². The zero-order chi connectivity index (χ0) is 8.27. The van der Waals surface area contributed by atoms with Crippen LogP contribution < -0.4 is 4.74 Å². The van der Waals surface area contributed by atoms with Crippen LogP contribution in [0.1, 0.15) is 13.8 Å². The highest BCUT2D eigenvalue weighted by Crippen LogP contribution is 2.16. The van der Waals surface area contributed by atoms with Crippen LogP contribution in [0.25, 0.3) is 0 Å². The van der Waals surface area contributed by atoms with Crippen molar-refractivity contribution in [3.8, 4) is 5.75 Å². The van der Waals surface area contributed by atoms with Crippen LogP contribution in [0.3, 0.4) is 0 Å². The average Bonchev–Trinajstić information content (AvgIpc) is 1.85. The molecule has 0 bridgehead atoms. The van der Waals surface area contributed by atoms with E-state index in [1.54, 1.807) is 12.1 Å². The number of hydrogen-bond donors (Lipinski definition) is 0. The molecule has 2 radical (unpaired) electrons. The summed E-state index contributed by atoms with van der Waals surface area (Å²) in [6.45, 7) is 3.91. The maximum Gasteiger partial charge on any atom is 0.129 e. The Balaban J connectivity index is 2.71. The maximum atomic E-state index is 5.66. The molecule has 0 aromatic heterocycles. The van der Waals surface area contributed by atoms with Gasteiger partial charge in [-0.05, 0) is 32.0 Å². The number of benzene rings is 1. The lowest BCUT2D eigenvalue weighted by atomic mass is 10.3. The largest absolute Gasteiger partial charge is 0.490 e. The van der Waals surface area contributed by atoms with E-state index in [4.69, 9.17) is 16.3 Å². The number of halogens is 1. The van der Waals surface area contributed by atoms with Crippen LogP contribution in [0.2, 0.25) is 5.02 Å².